The van der Waals surface area contributed by atoms with Gasteiger partial charge in [0.15, 0.2) is 0 Å². The molecular formula is C13H14N4O3. The minimum atomic E-state index is -0.470. The van der Waals surface area contributed by atoms with Crippen LogP contribution in [0.4, 0.5) is 5.95 Å². The van der Waals surface area contributed by atoms with Crippen LogP contribution in [0.3, 0.4) is 0 Å². The van der Waals surface area contributed by atoms with E-state index < -0.39 is 6.04 Å². The molecule has 0 saturated heterocycles. The Labute approximate surface area is 115 Å². The first-order valence-electron chi connectivity index (χ1n) is 6.30. The lowest BCUT2D eigenvalue weighted by molar-refractivity contribution is -0.139. The summed E-state index contributed by atoms with van der Waals surface area (Å²) in [5.74, 6) is 0.789. The zero-order valence-electron chi connectivity index (χ0n) is 11.2. The zero-order chi connectivity index (χ0) is 14.1. The molecule has 1 aliphatic heterocycles. The number of rotatable bonds is 3. The number of aromatic nitrogens is 3. The highest BCUT2D eigenvalue weighted by Gasteiger charge is 2.35. The van der Waals surface area contributed by atoms with Crippen LogP contribution < -0.4 is 5.32 Å². The highest BCUT2D eigenvalue weighted by atomic mass is 16.5. The lowest BCUT2D eigenvalue weighted by Gasteiger charge is -2.26. The van der Waals surface area contributed by atoms with Crippen molar-refractivity contribution in [2.24, 2.45) is 0 Å². The van der Waals surface area contributed by atoms with Gasteiger partial charge in [-0.1, -0.05) is 0 Å². The van der Waals surface area contributed by atoms with Gasteiger partial charge in [-0.2, -0.15) is 10.1 Å². The van der Waals surface area contributed by atoms with Gasteiger partial charge in [0.1, 0.15) is 18.1 Å². The molecule has 3 rings (SSSR count). The van der Waals surface area contributed by atoms with Crippen molar-refractivity contribution in [1.82, 2.24) is 14.8 Å². The van der Waals surface area contributed by atoms with Crippen LogP contribution in [-0.2, 0) is 9.53 Å². The van der Waals surface area contributed by atoms with Crippen molar-refractivity contribution in [2.45, 2.75) is 19.9 Å². The van der Waals surface area contributed by atoms with Crippen molar-refractivity contribution in [2.75, 3.05) is 11.9 Å². The minimum absolute atomic E-state index is 0.310. The molecule has 0 unspecified atom stereocenters. The first-order chi connectivity index (χ1) is 9.72. The van der Waals surface area contributed by atoms with Gasteiger partial charge in [0, 0.05) is 5.70 Å². The number of furan rings is 1. The quantitative estimate of drug-likeness (QED) is 0.858. The molecule has 3 heterocycles. The van der Waals surface area contributed by atoms with E-state index in [0.29, 0.717) is 29.6 Å². The van der Waals surface area contributed by atoms with Crippen LogP contribution in [0.5, 0.6) is 0 Å². The third-order valence-electron chi connectivity index (χ3n) is 3.10. The number of fused-ring (bicyclic) bond motifs is 1. The van der Waals surface area contributed by atoms with Crippen molar-refractivity contribution in [1.29, 1.82) is 0 Å². The fourth-order valence-corrected chi connectivity index (χ4v) is 2.27. The summed E-state index contributed by atoms with van der Waals surface area (Å²) in [4.78, 5) is 16.3. The predicted molar refractivity (Wildman–Crippen MR) is 69.8 cm³/mol. The summed E-state index contributed by atoms with van der Waals surface area (Å²) < 4.78 is 12.2. The number of carbonyl (C=O) groups is 1. The highest BCUT2D eigenvalue weighted by Crippen LogP contribution is 2.35. The largest absolute Gasteiger partial charge is 0.467 e. The van der Waals surface area contributed by atoms with Crippen LogP contribution in [0.25, 0.3) is 0 Å². The van der Waals surface area contributed by atoms with Gasteiger partial charge in [0.25, 0.3) is 0 Å². The fourth-order valence-electron chi connectivity index (χ4n) is 2.27. The molecule has 0 aliphatic carbocycles. The van der Waals surface area contributed by atoms with Crippen LogP contribution in [0, 0.1) is 0 Å². The number of nitrogens with zero attached hydrogens (tertiary/aromatic N) is 3. The number of nitrogens with one attached hydrogen (secondary N) is 1. The van der Waals surface area contributed by atoms with E-state index >= 15 is 0 Å². The Hall–Kier alpha value is -2.57. The molecule has 0 saturated carbocycles. The number of hydrogen-bond acceptors (Lipinski definition) is 6. The molecule has 7 nitrogen and oxygen atoms in total. The van der Waals surface area contributed by atoms with Gasteiger partial charge >= 0.3 is 5.97 Å². The number of anilines is 1. The standard InChI is InChI=1S/C13H14N4O3/c1-3-19-12(18)10-8(2)16-13-14-7-15-17(13)11(10)9-5-4-6-20-9/h4-7,11H,3H2,1-2H3,(H,14,15,16)/t11-/m0/s1. The molecule has 2 aromatic heterocycles. The van der Waals surface area contributed by atoms with Gasteiger partial charge in [-0.25, -0.2) is 9.48 Å². The normalized spacial score (nSPS) is 17.6. The Kier molecular flexibility index (Phi) is 3.02. The van der Waals surface area contributed by atoms with Crippen molar-refractivity contribution in [3.63, 3.8) is 0 Å². The van der Waals surface area contributed by atoms with Crippen molar-refractivity contribution in [3.8, 4) is 0 Å². The first kappa shape index (κ1) is 12.5. The molecule has 1 aliphatic rings. The second-order valence-electron chi connectivity index (χ2n) is 4.33. The average molecular weight is 274 g/mol. The van der Waals surface area contributed by atoms with E-state index in [1.54, 1.807) is 36.9 Å². The highest BCUT2D eigenvalue weighted by molar-refractivity contribution is 5.92. The van der Waals surface area contributed by atoms with Gasteiger partial charge in [0.2, 0.25) is 5.95 Å². The molecule has 104 valence electrons. The Balaban J connectivity index is 2.12. The summed E-state index contributed by atoms with van der Waals surface area (Å²) in [6.45, 7) is 3.89. The number of carbonyl (C=O) groups excluding carboxylic acids is 1. The summed E-state index contributed by atoms with van der Waals surface area (Å²) in [6.07, 6.45) is 2.99. The fraction of sp³-hybridized carbons (Fsp3) is 0.308. The molecule has 0 bridgehead atoms. The summed E-state index contributed by atoms with van der Waals surface area (Å²) >= 11 is 0. The maximum Gasteiger partial charge on any atom is 0.338 e. The van der Waals surface area contributed by atoms with Crippen LogP contribution in [-0.4, -0.2) is 27.3 Å². The van der Waals surface area contributed by atoms with Crippen molar-refractivity contribution < 1.29 is 13.9 Å². The maximum absolute atomic E-state index is 12.2. The van der Waals surface area contributed by atoms with E-state index in [0.717, 1.165) is 0 Å². The number of esters is 1. The summed E-state index contributed by atoms with van der Waals surface area (Å²) in [5.41, 5.74) is 1.16. The van der Waals surface area contributed by atoms with Crippen LogP contribution in [0.15, 0.2) is 40.4 Å². The van der Waals surface area contributed by atoms with Crippen LogP contribution >= 0.6 is 0 Å². The van der Waals surface area contributed by atoms with E-state index in [1.807, 2.05) is 0 Å². The molecule has 0 spiro atoms. The maximum atomic E-state index is 12.2. The number of ether oxygens (including phenoxy) is 1. The molecule has 1 N–H and O–H groups in total. The van der Waals surface area contributed by atoms with Crippen LogP contribution in [0.1, 0.15) is 25.6 Å². The number of allylic oxidation sites excluding steroid dienone is 1. The van der Waals surface area contributed by atoms with Gasteiger partial charge < -0.3 is 14.5 Å². The molecular weight excluding hydrogens is 260 g/mol. The summed E-state index contributed by atoms with van der Waals surface area (Å²) in [7, 11) is 0. The first-order valence-corrected chi connectivity index (χ1v) is 6.30. The second-order valence-corrected chi connectivity index (χ2v) is 4.33. The third kappa shape index (κ3) is 1.87. The van der Waals surface area contributed by atoms with Crippen LogP contribution in [0.2, 0.25) is 0 Å². The Morgan fingerprint density at radius 3 is 3.15 bits per heavy atom. The molecule has 0 aromatic carbocycles. The van der Waals surface area contributed by atoms with Gasteiger partial charge in [-0.3, -0.25) is 0 Å². The SMILES string of the molecule is CCOC(=O)C1=C(C)Nc2ncnn2[C@H]1c1ccco1. The van der Waals surface area contributed by atoms with Gasteiger partial charge in [0.05, 0.1) is 18.4 Å². The van der Waals surface area contributed by atoms with E-state index in [4.69, 9.17) is 9.15 Å². The van der Waals surface area contributed by atoms with Gasteiger partial charge in [-0.15, -0.1) is 0 Å². The van der Waals surface area contributed by atoms with E-state index in [9.17, 15) is 4.79 Å². The Morgan fingerprint density at radius 2 is 2.45 bits per heavy atom. The monoisotopic (exact) mass is 274 g/mol. The Morgan fingerprint density at radius 1 is 1.60 bits per heavy atom. The zero-order valence-corrected chi connectivity index (χ0v) is 11.2. The lowest BCUT2D eigenvalue weighted by Crippen LogP contribution is -2.29. The topological polar surface area (TPSA) is 82.2 Å². The lowest BCUT2D eigenvalue weighted by atomic mass is 10.0. The Bertz CT molecular complexity index is 657. The molecule has 2 aromatic rings. The second kappa shape index (κ2) is 4.84. The predicted octanol–water partition coefficient (Wildman–Crippen LogP) is 1.72. The molecule has 0 amide bonds. The van der Waals surface area contributed by atoms with Crippen molar-refractivity contribution >= 4 is 11.9 Å². The number of hydrogen-bond donors (Lipinski definition) is 1. The molecule has 7 heteroatoms. The summed E-state index contributed by atoms with van der Waals surface area (Å²) in [5, 5.41) is 7.21. The van der Waals surface area contributed by atoms with Crippen molar-refractivity contribution in [3.05, 3.63) is 41.8 Å². The molecule has 0 radical (unpaired) electrons. The molecule has 1 atom stereocenters. The summed E-state index contributed by atoms with van der Waals surface area (Å²) in [6, 6.07) is 3.10. The van der Waals surface area contributed by atoms with E-state index in [1.165, 1.54) is 6.33 Å². The average Bonchev–Trinajstić information content (AvgIpc) is 3.07. The minimum Gasteiger partial charge on any atom is -0.467 e. The van der Waals surface area contributed by atoms with E-state index in [2.05, 4.69) is 15.4 Å². The molecule has 0 fully saturated rings. The van der Waals surface area contributed by atoms with E-state index in [-0.39, 0.29) is 5.97 Å². The smallest absolute Gasteiger partial charge is 0.338 e. The van der Waals surface area contributed by atoms with Gasteiger partial charge in [-0.05, 0) is 26.0 Å². The third-order valence-corrected chi connectivity index (χ3v) is 3.10. The molecule has 20 heavy (non-hydrogen) atoms.